The Labute approximate surface area is 114 Å². The van der Waals surface area contributed by atoms with Crippen LogP contribution in [-0.2, 0) is 9.84 Å². The molecular weight excluding hydrogens is 262 g/mol. The van der Waals surface area contributed by atoms with E-state index in [4.69, 9.17) is 4.74 Å². The predicted molar refractivity (Wildman–Crippen MR) is 73.2 cm³/mol. The maximum atomic E-state index is 11.4. The molecule has 0 N–H and O–H groups in total. The highest BCUT2D eigenvalue weighted by atomic mass is 32.2. The molecule has 2 aliphatic heterocycles. The van der Waals surface area contributed by atoms with E-state index in [1.54, 1.807) is 24.3 Å². The summed E-state index contributed by atoms with van der Waals surface area (Å²) in [6, 6.07) is 6.78. The lowest BCUT2D eigenvalue weighted by molar-refractivity contribution is 0.0452. The molecule has 4 nitrogen and oxygen atoms in total. The summed E-state index contributed by atoms with van der Waals surface area (Å²) in [5.41, 5.74) is -0.0507. The Morgan fingerprint density at radius 1 is 1.16 bits per heavy atom. The summed E-state index contributed by atoms with van der Waals surface area (Å²) in [4.78, 5) is 2.78. The summed E-state index contributed by atoms with van der Waals surface area (Å²) in [7, 11) is -3.13. The Bertz CT molecular complexity index is 563. The molecular formula is C14H19NO3S. The van der Waals surface area contributed by atoms with Gasteiger partial charge in [-0.2, -0.15) is 0 Å². The molecule has 5 heteroatoms. The number of benzene rings is 1. The van der Waals surface area contributed by atoms with Crippen LogP contribution in [0, 0.1) is 0 Å². The first-order chi connectivity index (χ1) is 8.97. The molecule has 0 saturated carbocycles. The summed E-state index contributed by atoms with van der Waals surface area (Å²) in [6.45, 7) is 3.29. The van der Waals surface area contributed by atoms with Crippen molar-refractivity contribution in [3.05, 3.63) is 24.3 Å². The van der Waals surface area contributed by atoms with Crippen LogP contribution in [0.25, 0.3) is 0 Å². The third-order valence-corrected chi connectivity index (χ3v) is 5.22. The first kappa shape index (κ1) is 12.9. The molecule has 3 rings (SSSR count). The van der Waals surface area contributed by atoms with Crippen LogP contribution < -0.4 is 4.74 Å². The van der Waals surface area contributed by atoms with E-state index in [0.717, 1.165) is 31.7 Å². The van der Waals surface area contributed by atoms with Gasteiger partial charge in [0.25, 0.3) is 0 Å². The smallest absolute Gasteiger partial charge is 0.175 e. The van der Waals surface area contributed by atoms with Crippen molar-refractivity contribution in [1.82, 2.24) is 4.90 Å². The summed E-state index contributed by atoms with van der Waals surface area (Å²) < 4.78 is 29.0. The summed E-state index contributed by atoms with van der Waals surface area (Å²) in [5.74, 6) is 0.774. The molecule has 104 valence electrons. The van der Waals surface area contributed by atoms with Gasteiger partial charge >= 0.3 is 0 Å². The molecule has 2 fully saturated rings. The monoisotopic (exact) mass is 281 g/mol. The van der Waals surface area contributed by atoms with E-state index in [0.29, 0.717) is 4.90 Å². The Kier molecular flexibility index (Phi) is 3.06. The molecule has 0 aromatic heterocycles. The van der Waals surface area contributed by atoms with Crippen molar-refractivity contribution >= 4 is 9.84 Å². The van der Waals surface area contributed by atoms with Crippen molar-refractivity contribution in [2.24, 2.45) is 0 Å². The second-order valence-electron chi connectivity index (χ2n) is 5.66. The first-order valence-corrected chi connectivity index (χ1v) is 8.58. The largest absolute Gasteiger partial charge is 0.486 e. The summed E-state index contributed by atoms with van der Waals surface area (Å²) in [6.07, 6.45) is 4.57. The number of piperidine rings is 1. The maximum absolute atomic E-state index is 11.4. The van der Waals surface area contributed by atoms with Gasteiger partial charge in [-0.1, -0.05) is 0 Å². The van der Waals surface area contributed by atoms with Crippen LogP contribution in [-0.4, -0.2) is 44.8 Å². The quantitative estimate of drug-likeness (QED) is 0.846. The fraction of sp³-hybridized carbons (Fsp3) is 0.571. The summed E-state index contributed by atoms with van der Waals surface area (Å²) in [5, 5.41) is 0. The average Bonchev–Trinajstić information content (AvgIpc) is 2.64. The van der Waals surface area contributed by atoms with Crippen molar-refractivity contribution in [2.75, 3.05) is 25.9 Å². The lowest BCUT2D eigenvalue weighted by Crippen LogP contribution is -2.43. The molecule has 2 saturated heterocycles. The summed E-state index contributed by atoms with van der Waals surface area (Å²) >= 11 is 0. The van der Waals surface area contributed by atoms with Crippen LogP contribution >= 0.6 is 0 Å². The van der Waals surface area contributed by atoms with Gasteiger partial charge in [-0.3, -0.25) is 4.90 Å². The zero-order valence-corrected chi connectivity index (χ0v) is 11.9. The van der Waals surface area contributed by atoms with Crippen molar-refractivity contribution < 1.29 is 13.2 Å². The normalized spacial score (nSPS) is 30.3. The minimum Gasteiger partial charge on any atom is -0.486 e. The molecule has 2 bridgehead atoms. The molecule has 1 aromatic carbocycles. The number of hydrogen-bond donors (Lipinski definition) is 0. The molecule has 1 unspecified atom stereocenters. The highest BCUT2D eigenvalue weighted by Gasteiger charge is 2.42. The van der Waals surface area contributed by atoms with Crippen molar-refractivity contribution in [2.45, 2.75) is 29.8 Å². The van der Waals surface area contributed by atoms with Gasteiger partial charge in [-0.05, 0) is 43.7 Å². The van der Waals surface area contributed by atoms with Gasteiger partial charge in [0.05, 0.1) is 4.90 Å². The van der Waals surface area contributed by atoms with Gasteiger partial charge in [0, 0.05) is 25.8 Å². The number of sulfone groups is 1. The van der Waals surface area contributed by atoms with Gasteiger partial charge in [0.15, 0.2) is 9.84 Å². The SMILES string of the molecule is CS(=O)(=O)c1ccc(O[C@@]23CCCN(CC2)C3)cc1. The minimum absolute atomic E-state index is 0.0507. The second-order valence-corrected chi connectivity index (χ2v) is 7.67. The Morgan fingerprint density at radius 3 is 2.58 bits per heavy atom. The fourth-order valence-electron chi connectivity index (χ4n) is 3.09. The van der Waals surface area contributed by atoms with Gasteiger partial charge in [0.2, 0.25) is 0 Å². The van der Waals surface area contributed by atoms with Crippen LogP contribution in [0.3, 0.4) is 0 Å². The average molecular weight is 281 g/mol. The molecule has 2 heterocycles. The van der Waals surface area contributed by atoms with Crippen molar-refractivity contribution in [1.29, 1.82) is 0 Å². The molecule has 19 heavy (non-hydrogen) atoms. The molecule has 0 radical (unpaired) electrons. The third kappa shape index (κ3) is 2.62. The van der Waals surface area contributed by atoms with Gasteiger partial charge in [0.1, 0.15) is 11.4 Å². The van der Waals surface area contributed by atoms with E-state index in [-0.39, 0.29) is 5.60 Å². The van der Waals surface area contributed by atoms with Gasteiger partial charge < -0.3 is 4.74 Å². The van der Waals surface area contributed by atoms with E-state index in [2.05, 4.69) is 4.90 Å². The molecule has 2 aliphatic rings. The first-order valence-electron chi connectivity index (χ1n) is 6.68. The highest BCUT2D eigenvalue weighted by molar-refractivity contribution is 7.90. The number of fused-ring (bicyclic) bond motifs is 2. The zero-order chi connectivity index (χ0) is 13.5. The van der Waals surface area contributed by atoms with Gasteiger partial charge in [-0.15, -0.1) is 0 Å². The molecule has 0 aliphatic carbocycles. The van der Waals surface area contributed by atoms with Crippen LogP contribution in [0.1, 0.15) is 19.3 Å². The lowest BCUT2D eigenvalue weighted by Gasteiger charge is -2.34. The highest BCUT2D eigenvalue weighted by Crippen LogP contribution is 2.35. The molecule has 0 amide bonds. The predicted octanol–water partition coefficient (Wildman–Crippen LogP) is 1.71. The maximum Gasteiger partial charge on any atom is 0.175 e. The minimum atomic E-state index is -3.13. The van der Waals surface area contributed by atoms with Crippen LogP contribution in [0.2, 0.25) is 0 Å². The van der Waals surface area contributed by atoms with Crippen LogP contribution in [0.4, 0.5) is 0 Å². The third-order valence-electron chi connectivity index (χ3n) is 4.09. The zero-order valence-electron chi connectivity index (χ0n) is 11.1. The molecule has 2 atom stereocenters. The Hall–Kier alpha value is -1.07. The van der Waals surface area contributed by atoms with Crippen LogP contribution in [0.5, 0.6) is 5.75 Å². The van der Waals surface area contributed by atoms with Crippen molar-refractivity contribution in [3.8, 4) is 5.75 Å². The second kappa shape index (κ2) is 4.49. The fourth-order valence-corrected chi connectivity index (χ4v) is 3.72. The standard InChI is InChI=1S/C14H19NO3S/c1-19(16,17)13-5-3-12(4-6-13)18-14-7-2-9-15(11-14)10-8-14/h3-6H,2,7-11H2,1H3/t14-/m0/s1. The van der Waals surface area contributed by atoms with E-state index in [1.165, 1.54) is 19.2 Å². The molecule has 1 aromatic rings. The topological polar surface area (TPSA) is 46.6 Å². The lowest BCUT2D eigenvalue weighted by atomic mass is 9.94. The number of nitrogens with zero attached hydrogens (tertiary/aromatic N) is 1. The van der Waals surface area contributed by atoms with E-state index in [1.807, 2.05) is 0 Å². The Balaban J connectivity index is 1.77. The number of hydrogen-bond acceptors (Lipinski definition) is 4. The van der Waals surface area contributed by atoms with E-state index >= 15 is 0 Å². The van der Waals surface area contributed by atoms with E-state index in [9.17, 15) is 8.42 Å². The number of ether oxygens (including phenoxy) is 1. The Morgan fingerprint density at radius 2 is 1.89 bits per heavy atom. The molecule has 0 spiro atoms. The van der Waals surface area contributed by atoms with Gasteiger partial charge in [-0.25, -0.2) is 8.42 Å². The van der Waals surface area contributed by atoms with Crippen molar-refractivity contribution in [3.63, 3.8) is 0 Å². The van der Waals surface area contributed by atoms with Crippen LogP contribution in [0.15, 0.2) is 29.2 Å². The number of rotatable bonds is 3. The van der Waals surface area contributed by atoms with E-state index < -0.39 is 9.84 Å².